The van der Waals surface area contributed by atoms with Crippen LogP contribution in [0.15, 0.2) is 18.2 Å². The number of aryl methyl sites for hydroxylation is 1. The molecule has 2 heterocycles. The van der Waals surface area contributed by atoms with E-state index in [1.54, 1.807) is 12.1 Å². The molecule has 0 aliphatic carbocycles. The Balaban J connectivity index is 1.81. The summed E-state index contributed by atoms with van der Waals surface area (Å²) < 4.78 is 0. The SMILES string of the molecule is Cc1cc([N+](=O)[O-])ccc1N1CC2CCCNC2C1. The Morgan fingerprint density at radius 3 is 2.95 bits per heavy atom. The maximum atomic E-state index is 10.8. The first-order valence-corrected chi connectivity index (χ1v) is 6.88. The lowest BCUT2D eigenvalue weighted by Gasteiger charge is -2.24. The largest absolute Gasteiger partial charge is 0.369 e. The van der Waals surface area contributed by atoms with E-state index in [4.69, 9.17) is 0 Å². The van der Waals surface area contributed by atoms with Crippen LogP contribution in [0, 0.1) is 23.0 Å². The van der Waals surface area contributed by atoms with Crippen molar-refractivity contribution in [2.75, 3.05) is 24.5 Å². The maximum Gasteiger partial charge on any atom is 0.269 e. The molecule has 102 valence electrons. The van der Waals surface area contributed by atoms with Crippen LogP contribution >= 0.6 is 0 Å². The number of non-ortho nitro benzene ring substituents is 1. The van der Waals surface area contributed by atoms with Gasteiger partial charge in [0.2, 0.25) is 0 Å². The lowest BCUT2D eigenvalue weighted by Crippen LogP contribution is -2.40. The molecule has 2 saturated heterocycles. The highest BCUT2D eigenvalue weighted by molar-refractivity contribution is 5.58. The third kappa shape index (κ3) is 2.30. The summed E-state index contributed by atoms with van der Waals surface area (Å²) in [5.74, 6) is 0.725. The van der Waals surface area contributed by atoms with Crippen LogP contribution in [0.4, 0.5) is 11.4 Å². The molecule has 19 heavy (non-hydrogen) atoms. The Bertz CT molecular complexity index is 489. The summed E-state index contributed by atoms with van der Waals surface area (Å²) in [6.07, 6.45) is 2.55. The molecule has 2 unspecified atom stereocenters. The monoisotopic (exact) mass is 261 g/mol. The number of piperidine rings is 1. The fraction of sp³-hybridized carbons (Fsp3) is 0.571. The van der Waals surface area contributed by atoms with Crippen LogP contribution in [0.1, 0.15) is 18.4 Å². The minimum Gasteiger partial charge on any atom is -0.369 e. The van der Waals surface area contributed by atoms with Crippen molar-refractivity contribution >= 4 is 11.4 Å². The van der Waals surface area contributed by atoms with Gasteiger partial charge in [-0.1, -0.05) is 0 Å². The van der Waals surface area contributed by atoms with Gasteiger partial charge < -0.3 is 10.2 Å². The lowest BCUT2D eigenvalue weighted by molar-refractivity contribution is -0.384. The summed E-state index contributed by atoms with van der Waals surface area (Å²) in [7, 11) is 0. The number of fused-ring (bicyclic) bond motifs is 1. The molecule has 2 fully saturated rings. The van der Waals surface area contributed by atoms with Crippen molar-refractivity contribution in [2.45, 2.75) is 25.8 Å². The number of hydrogen-bond donors (Lipinski definition) is 1. The van der Waals surface area contributed by atoms with Crippen molar-refractivity contribution < 1.29 is 4.92 Å². The number of nitro groups is 1. The zero-order chi connectivity index (χ0) is 13.4. The lowest BCUT2D eigenvalue weighted by atomic mass is 9.94. The molecule has 2 aliphatic rings. The Kier molecular flexibility index (Phi) is 3.14. The highest BCUT2D eigenvalue weighted by Gasteiger charge is 2.34. The molecule has 2 aliphatic heterocycles. The van der Waals surface area contributed by atoms with Gasteiger partial charge in [-0.3, -0.25) is 10.1 Å². The van der Waals surface area contributed by atoms with Crippen molar-refractivity contribution in [2.24, 2.45) is 5.92 Å². The fourth-order valence-electron chi connectivity index (χ4n) is 3.35. The second kappa shape index (κ2) is 4.81. The van der Waals surface area contributed by atoms with Crippen LogP contribution in [0.5, 0.6) is 0 Å². The number of benzene rings is 1. The topological polar surface area (TPSA) is 58.4 Å². The first-order valence-electron chi connectivity index (χ1n) is 6.88. The number of nitrogens with one attached hydrogen (secondary N) is 1. The standard InChI is InChI=1S/C14H19N3O2/c1-10-7-12(17(18)19)4-5-14(10)16-8-11-3-2-6-15-13(11)9-16/h4-5,7,11,13,15H,2-3,6,8-9H2,1H3. The molecule has 1 N–H and O–H groups in total. The van der Waals surface area contributed by atoms with Crippen molar-refractivity contribution in [3.8, 4) is 0 Å². The number of nitrogens with zero attached hydrogens (tertiary/aromatic N) is 2. The van der Waals surface area contributed by atoms with Crippen molar-refractivity contribution in [3.05, 3.63) is 33.9 Å². The molecule has 5 nitrogen and oxygen atoms in total. The predicted molar refractivity (Wildman–Crippen MR) is 74.6 cm³/mol. The Morgan fingerprint density at radius 1 is 1.42 bits per heavy atom. The molecule has 0 radical (unpaired) electrons. The number of anilines is 1. The van der Waals surface area contributed by atoms with E-state index in [1.165, 1.54) is 12.8 Å². The van der Waals surface area contributed by atoms with Crippen molar-refractivity contribution in [1.29, 1.82) is 0 Å². The third-order valence-corrected chi connectivity index (χ3v) is 4.33. The van der Waals surface area contributed by atoms with Gasteiger partial charge in [-0.25, -0.2) is 0 Å². The summed E-state index contributed by atoms with van der Waals surface area (Å²) in [6.45, 7) is 5.16. The second-order valence-electron chi connectivity index (χ2n) is 5.60. The average Bonchev–Trinajstić information content (AvgIpc) is 2.81. The summed E-state index contributed by atoms with van der Waals surface area (Å²) in [5.41, 5.74) is 2.31. The minimum absolute atomic E-state index is 0.177. The number of nitro benzene ring substituents is 1. The third-order valence-electron chi connectivity index (χ3n) is 4.33. The van der Waals surface area contributed by atoms with Gasteiger partial charge in [-0.05, 0) is 43.9 Å². The Hall–Kier alpha value is -1.62. The summed E-state index contributed by atoms with van der Waals surface area (Å²) in [4.78, 5) is 12.8. The van der Waals surface area contributed by atoms with Gasteiger partial charge in [-0.15, -0.1) is 0 Å². The zero-order valence-corrected chi connectivity index (χ0v) is 11.1. The van der Waals surface area contributed by atoms with Gasteiger partial charge in [0.1, 0.15) is 0 Å². The van der Waals surface area contributed by atoms with Gasteiger partial charge in [0, 0.05) is 37.0 Å². The molecule has 0 bridgehead atoms. The predicted octanol–water partition coefficient (Wildman–Crippen LogP) is 2.09. The molecule has 0 aromatic heterocycles. The number of rotatable bonds is 2. The normalized spacial score (nSPS) is 26.3. The van der Waals surface area contributed by atoms with Gasteiger partial charge in [-0.2, -0.15) is 0 Å². The smallest absolute Gasteiger partial charge is 0.269 e. The first kappa shape index (κ1) is 12.4. The Labute approximate surface area is 112 Å². The van der Waals surface area contributed by atoms with E-state index in [-0.39, 0.29) is 10.6 Å². The molecule has 2 atom stereocenters. The van der Waals surface area contributed by atoms with E-state index in [0.29, 0.717) is 6.04 Å². The first-order chi connectivity index (χ1) is 9.15. The molecule has 5 heteroatoms. The van der Waals surface area contributed by atoms with Crippen LogP contribution in [0.2, 0.25) is 0 Å². The quantitative estimate of drug-likeness (QED) is 0.654. The van der Waals surface area contributed by atoms with Crippen LogP contribution < -0.4 is 10.2 Å². The molecular weight excluding hydrogens is 242 g/mol. The van der Waals surface area contributed by atoms with E-state index in [1.807, 2.05) is 13.0 Å². The molecule has 3 rings (SSSR count). The van der Waals surface area contributed by atoms with Crippen LogP contribution in [-0.2, 0) is 0 Å². The van der Waals surface area contributed by atoms with Crippen LogP contribution in [0.3, 0.4) is 0 Å². The number of hydrogen-bond acceptors (Lipinski definition) is 4. The summed E-state index contributed by atoms with van der Waals surface area (Å²) in [6, 6.07) is 5.76. The zero-order valence-electron chi connectivity index (χ0n) is 11.1. The summed E-state index contributed by atoms with van der Waals surface area (Å²) >= 11 is 0. The van der Waals surface area contributed by atoms with Crippen molar-refractivity contribution in [3.63, 3.8) is 0 Å². The van der Waals surface area contributed by atoms with E-state index in [2.05, 4.69) is 10.2 Å². The average molecular weight is 261 g/mol. The minimum atomic E-state index is -0.331. The van der Waals surface area contributed by atoms with E-state index >= 15 is 0 Å². The van der Waals surface area contributed by atoms with E-state index < -0.39 is 0 Å². The van der Waals surface area contributed by atoms with Gasteiger partial charge in [0.25, 0.3) is 5.69 Å². The molecule has 0 saturated carbocycles. The van der Waals surface area contributed by atoms with Crippen LogP contribution in [0.25, 0.3) is 0 Å². The molecule has 1 aromatic rings. The fourth-order valence-corrected chi connectivity index (χ4v) is 3.35. The van der Waals surface area contributed by atoms with E-state index in [0.717, 1.165) is 36.8 Å². The van der Waals surface area contributed by atoms with Crippen LogP contribution in [-0.4, -0.2) is 30.6 Å². The summed E-state index contributed by atoms with van der Waals surface area (Å²) in [5, 5.41) is 14.4. The van der Waals surface area contributed by atoms with Gasteiger partial charge >= 0.3 is 0 Å². The molecule has 0 amide bonds. The van der Waals surface area contributed by atoms with E-state index in [9.17, 15) is 10.1 Å². The second-order valence-corrected chi connectivity index (χ2v) is 5.60. The molecule has 0 spiro atoms. The Morgan fingerprint density at radius 2 is 2.26 bits per heavy atom. The molecular formula is C14H19N3O2. The van der Waals surface area contributed by atoms with Gasteiger partial charge in [0.05, 0.1) is 4.92 Å². The highest BCUT2D eigenvalue weighted by Crippen LogP contribution is 2.32. The molecule has 1 aromatic carbocycles. The van der Waals surface area contributed by atoms with Gasteiger partial charge in [0.15, 0.2) is 0 Å². The van der Waals surface area contributed by atoms with Crippen molar-refractivity contribution in [1.82, 2.24) is 5.32 Å². The highest BCUT2D eigenvalue weighted by atomic mass is 16.6. The maximum absolute atomic E-state index is 10.8.